The molecule has 3 aromatic carbocycles. The van der Waals surface area contributed by atoms with Crippen molar-refractivity contribution in [3.63, 3.8) is 0 Å². The maximum Gasteiger partial charge on any atom is 0.407 e. The summed E-state index contributed by atoms with van der Waals surface area (Å²) in [5.41, 5.74) is 5.88. The summed E-state index contributed by atoms with van der Waals surface area (Å²) in [5.74, 6) is -1.26. The van der Waals surface area contributed by atoms with Crippen LogP contribution in [0.3, 0.4) is 0 Å². The van der Waals surface area contributed by atoms with Gasteiger partial charge in [0.2, 0.25) is 5.91 Å². The van der Waals surface area contributed by atoms with Crippen LogP contribution in [0.1, 0.15) is 35.4 Å². The first-order chi connectivity index (χ1) is 17.0. The van der Waals surface area contributed by atoms with E-state index in [1.807, 2.05) is 24.3 Å². The highest BCUT2D eigenvalue weighted by molar-refractivity contribution is 5.93. The molecule has 3 N–H and O–H groups in total. The van der Waals surface area contributed by atoms with Gasteiger partial charge in [0.1, 0.15) is 6.61 Å². The van der Waals surface area contributed by atoms with E-state index in [0.717, 1.165) is 11.1 Å². The van der Waals surface area contributed by atoms with Crippen molar-refractivity contribution in [3.05, 3.63) is 89.5 Å². The summed E-state index contributed by atoms with van der Waals surface area (Å²) < 4.78 is 5.58. The molecule has 7 heteroatoms. The smallest absolute Gasteiger partial charge is 0.407 e. The Morgan fingerprint density at radius 2 is 1.54 bits per heavy atom. The third-order valence-corrected chi connectivity index (χ3v) is 6.72. The van der Waals surface area contributed by atoms with E-state index in [1.165, 1.54) is 11.1 Å². The number of benzene rings is 3. The van der Waals surface area contributed by atoms with Gasteiger partial charge in [0.05, 0.1) is 6.42 Å². The number of carboxylic acid groups (broad SMARTS) is 1. The van der Waals surface area contributed by atoms with Crippen LogP contribution in [0.5, 0.6) is 0 Å². The van der Waals surface area contributed by atoms with E-state index in [9.17, 15) is 14.4 Å². The van der Waals surface area contributed by atoms with Crippen LogP contribution in [0, 0.1) is 5.92 Å². The number of anilines is 1. The van der Waals surface area contributed by atoms with Gasteiger partial charge in [-0.05, 0) is 52.8 Å². The van der Waals surface area contributed by atoms with Gasteiger partial charge >= 0.3 is 12.1 Å². The molecular weight excluding hydrogens is 444 g/mol. The molecule has 0 bridgehead atoms. The lowest BCUT2D eigenvalue weighted by Gasteiger charge is -2.34. The third kappa shape index (κ3) is 4.89. The molecule has 1 fully saturated rings. The predicted molar refractivity (Wildman–Crippen MR) is 131 cm³/mol. The maximum absolute atomic E-state index is 12.5. The number of nitrogens with one attached hydrogen (secondary N) is 2. The monoisotopic (exact) mass is 470 g/mol. The van der Waals surface area contributed by atoms with Gasteiger partial charge < -0.3 is 20.5 Å². The number of ether oxygens (including phenoxy) is 1. The van der Waals surface area contributed by atoms with Crippen LogP contribution in [0.2, 0.25) is 0 Å². The molecule has 35 heavy (non-hydrogen) atoms. The van der Waals surface area contributed by atoms with Gasteiger partial charge in [-0.15, -0.1) is 0 Å². The highest BCUT2D eigenvalue weighted by Gasteiger charge is 2.36. The van der Waals surface area contributed by atoms with E-state index in [2.05, 4.69) is 34.9 Å². The molecular formula is C28H26N2O5. The van der Waals surface area contributed by atoms with Crippen LogP contribution in [0.15, 0.2) is 72.8 Å². The molecule has 178 valence electrons. The molecule has 0 atom stereocenters. The summed E-state index contributed by atoms with van der Waals surface area (Å²) in [5, 5.41) is 14.6. The number of aliphatic carboxylic acids is 1. The fraction of sp³-hybridized carbons (Fsp3) is 0.250. The average Bonchev–Trinajstić information content (AvgIpc) is 3.13. The molecule has 1 saturated carbocycles. The third-order valence-electron chi connectivity index (χ3n) is 6.72. The number of carbonyl (C=O) groups excluding carboxylic acids is 2. The Bertz CT molecular complexity index is 1240. The highest BCUT2D eigenvalue weighted by atomic mass is 16.5. The van der Waals surface area contributed by atoms with Crippen molar-refractivity contribution in [3.8, 4) is 11.1 Å². The van der Waals surface area contributed by atoms with Crippen molar-refractivity contribution >= 4 is 23.7 Å². The van der Waals surface area contributed by atoms with E-state index in [0.29, 0.717) is 24.1 Å². The number of carboxylic acids is 1. The first-order valence-corrected chi connectivity index (χ1v) is 11.7. The van der Waals surface area contributed by atoms with Gasteiger partial charge in [-0.25, -0.2) is 4.79 Å². The minimum atomic E-state index is -0.922. The average molecular weight is 471 g/mol. The molecule has 0 radical (unpaired) electrons. The predicted octanol–water partition coefficient (Wildman–Crippen LogP) is 4.57. The van der Waals surface area contributed by atoms with Crippen molar-refractivity contribution < 1.29 is 24.2 Å². The van der Waals surface area contributed by atoms with Crippen LogP contribution in [-0.2, 0) is 20.7 Å². The summed E-state index contributed by atoms with van der Waals surface area (Å²) >= 11 is 0. The summed E-state index contributed by atoms with van der Waals surface area (Å²) in [7, 11) is 0. The molecule has 2 aliphatic rings. The number of fused-ring (bicyclic) bond motifs is 3. The number of hydrogen-bond donors (Lipinski definition) is 3. The molecule has 0 spiro atoms. The molecule has 7 nitrogen and oxygen atoms in total. The second-order valence-corrected chi connectivity index (χ2v) is 9.10. The number of alkyl carbamates (subject to hydrolysis) is 1. The van der Waals surface area contributed by atoms with Gasteiger partial charge in [-0.3, -0.25) is 9.59 Å². The quantitative estimate of drug-likeness (QED) is 0.469. The van der Waals surface area contributed by atoms with E-state index in [1.54, 1.807) is 24.3 Å². The summed E-state index contributed by atoms with van der Waals surface area (Å²) in [6.07, 6.45) is 0.492. The van der Waals surface area contributed by atoms with Crippen LogP contribution in [0.4, 0.5) is 10.5 Å². The maximum atomic E-state index is 12.5. The highest BCUT2D eigenvalue weighted by Crippen LogP contribution is 2.44. The summed E-state index contributed by atoms with van der Waals surface area (Å²) in [6, 6.07) is 23.1. The zero-order valence-corrected chi connectivity index (χ0v) is 19.1. The molecule has 2 amide bonds. The molecule has 0 saturated heterocycles. The molecule has 2 aliphatic carbocycles. The van der Waals surface area contributed by atoms with Crippen molar-refractivity contribution in [2.75, 3.05) is 11.9 Å². The Balaban J connectivity index is 1.10. The minimum absolute atomic E-state index is 0.00459. The number of rotatable bonds is 7. The van der Waals surface area contributed by atoms with Crippen LogP contribution in [0.25, 0.3) is 11.1 Å². The zero-order valence-electron chi connectivity index (χ0n) is 19.1. The topological polar surface area (TPSA) is 105 Å². The van der Waals surface area contributed by atoms with Crippen molar-refractivity contribution in [2.24, 2.45) is 5.92 Å². The number of carbonyl (C=O) groups is 3. The van der Waals surface area contributed by atoms with E-state index in [-0.39, 0.29) is 36.8 Å². The summed E-state index contributed by atoms with van der Waals surface area (Å²) in [6.45, 7) is 0.253. The molecule has 5 rings (SSSR count). The molecule has 3 aromatic rings. The van der Waals surface area contributed by atoms with E-state index in [4.69, 9.17) is 9.84 Å². The number of amides is 2. The lowest BCUT2D eigenvalue weighted by atomic mass is 9.79. The fourth-order valence-electron chi connectivity index (χ4n) is 4.93. The van der Waals surface area contributed by atoms with Gasteiger partial charge in [0.15, 0.2) is 0 Å². The van der Waals surface area contributed by atoms with Gasteiger partial charge in [0, 0.05) is 23.6 Å². The van der Waals surface area contributed by atoms with Crippen LogP contribution >= 0.6 is 0 Å². The Kier molecular flexibility index (Phi) is 6.23. The Hall–Kier alpha value is -4.13. The van der Waals surface area contributed by atoms with Crippen molar-refractivity contribution in [1.82, 2.24) is 5.32 Å². The molecule has 0 aliphatic heterocycles. The fourth-order valence-corrected chi connectivity index (χ4v) is 4.93. The van der Waals surface area contributed by atoms with Gasteiger partial charge in [-0.2, -0.15) is 0 Å². The Labute approximate surface area is 203 Å². The Morgan fingerprint density at radius 3 is 2.20 bits per heavy atom. The van der Waals surface area contributed by atoms with Crippen molar-refractivity contribution in [2.45, 2.75) is 31.2 Å². The lowest BCUT2D eigenvalue weighted by molar-refractivity contribution is -0.136. The van der Waals surface area contributed by atoms with Crippen molar-refractivity contribution in [1.29, 1.82) is 0 Å². The second-order valence-electron chi connectivity index (χ2n) is 9.10. The van der Waals surface area contributed by atoms with Gasteiger partial charge in [-0.1, -0.05) is 60.7 Å². The van der Waals surface area contributed by atoms with E-state index < -0.39 is 12.1 Å². The number of hydrogen-bond acceptors (Lipinski definition) is 4. The van der Waals surface area contributed by atoms with E-state index >= 15 is 0 Å². The normalized spacial score (nSPS) is 18.1. The molecule has 0 unspecified atom stereocenters. The molecule has 0 heterocycles. The Morgan fingerprint density at radius 1 is 0.886 bits per heavy atom. The standard InChI is InChI=1S/C28H26N2O5/c31-26(32)13-17-6-5-7-19(12-17)29-27(33)18-14-20(15-18)30-28(34)35-16-25-23-10-3-1-8-21(23)22-9-2-4-11-24(22)25/h1-12,18,20,25H,13-16H2,(H,29,33)(H,30,34)(H,31,32). The lowest BCUT2D eigenvalue weighted by Crippen LogP contribution is -2.48. The first kappa shape index (κ1) is 22.7. The largest absolute Gasteiger partial charge is 0.481 e. The van der Waals surface area contributed by atoms with Crippen LogP contribution in [-0.4, -0.2) is 35.7 Å². The summed E-state index contributed by atoms with van der Waals surface area (Å²) in [4.78, 5) is 35.8. The minimum Gasteiger partial charge on any atom is -0.481 e. The first-order valence-electron chi connectivity index (χ1n) is 11.7. The molecule has 0 aromatic heterocycles. The zero-order chi connectivity index (χ0) is 24.4. The van der Waals surface area contributed by atoms with Crippen LogP contribution < -0.4 is 10.6 Å². The SMILES string of the molecule is O=C(O)Cc1cccc(NC(=O)C2CC(NC(=O)OCC3c4ccccc4-c4ccccc43)C2)c1. The second kappa shape index (κ2) is 9.62. The van der Waals surface area contributed by atoms with Gasteiger partial charge in [0.25, 0.3) is 0 Å².